The summed E-state index contributed by atoms with van der Waals surface area (Å²) in [6.45, 7) is 0.714. The zero-order valence-corrected chi connectivity index (χ0v) is 12.0. The van der Waals surface area contributed by atoms with Gasteiger partial charge in [-0.25, -0.2) is 0 Å². The molecule has 104 valence electrons. The van der Waals surface area contributed by atoms with E-state index in [4.69, 9.17) is 26.8 Å². The van der Waals surface area contributed by atoms with Crippen LogP contribution in [-0.2, 0) is 6.42 Å². The second-order valence-corrected chi connectivity index (χ2v) is 5.23. The van der Waals surface area contributed by atoms with Crippen molar-refractivity contribution in [3.05, 3.63) is 58.1 Å². The summed E-state index contributed by atoms with van der Waals surface area (Å²) in [6.07, 6.45) is 0.933. The maximum absolute atomic E-state index is 6.42. The number of ether oxygens (including phenoxy) is 2. The number of benzene rings is 2. The summed E-state index contributed by atoms with van der Waals surface area (Å²) in [5, 5.41) is 0.643. The Balaban J connectivity index is 2.07. The normalized spacial score (nSPS) is 14.6. The lowest BCUT2D eigenvalue weighted by Crippen LogP contribution is -2.14. The Labute approximate surface area is 123 Å². The number of rotatable bonds is 3. The van der Waals surface area contributed by atoms with Crippen LogP contribution in [0, 0.1) is 0 Å². The number of para-hydroxylation sites is 1. The second-order valence-electron chi connectivity index (χ2n) is 4.80. The molecule has 3 nitrogen and oxygen atoms in total. The monoisotopic (exact) mass is 289 g/mol. The van der Waals surface area contributed by atoms with Crippen LogP contribution in [0.15, 0.2) is 36.4 Å². The average molecular weight is 290 g/mol. The van der Waals surface area contributed by atoms with Crippen LogP contribution in [0.5, 0.6) is 11.5 Å². The number of hydrogen-bond donors (Lipinski definition) is 1. The fraction of sp³-hybridized carbons (Fsp3) is 0.250. The molecule has 20 heavy (non-hydrogen) atoms. The lowest BCUT2D eigenvalue weighted by atomic mass is 9.96. The third-order valence-corrected chi connectivity index (χ3v) is 3.84. The van der Waals surface area contributed by atoms with Gasteiger partial charge in [-0.15, -0.1) is 0 Å². The SMILES string of the molecule is COc1ccc(Cl)cc1C(N)c1cccc2c1OCC2. The molecule has 0 radical (unpaired) electrons. The van der Waals surface area contributed by atoms with Gasteiger partial charge in [0.05, 0.1) is 19.8 Å². The van der Waals surface area contributed by atoms with E-state index in [0.29, 0.717) is 11.6 Å². The first-order valence-corrected chi connectivity index (χ1v) is 6.92. The fourth-order valence-corrected chi connectivity index (χ4v) is 2.78. The first kappa shape index (κ1) is 13.3. The van der Waals surface area contributed by atoms with E-state index in [0.717, 1.165) is 29.0 Å². The fourth-order valence-electron chi connectivity index (χ4n) is 2.60. The molecule has 0 aliphatic carbocycles. The number of hydrogen-bond acceptors (Lipinski definition) is 3. The molecule has 1 unspecified atom stereocenters. The van der Waals surface area contributed by atoms with E-state index in [-0.39, 0.29) is 6.04 Å². The van der Waals surface area contributed by atoms with Crippen molar-refractivity contribution in [2.75, 3.05) is 13.7 Å². The summed E-state index contributed by atoms with van der Waals surface area (Å²) in [7, 11) is 1.63. The summed E-state index contributed by atoms with van der Waals surface area (Å²) in [6, 6.07) is 11.2. The summed E-state index contributed by atoms with van der Waals surface area (Å²) in [4.78, 5) is 0. The van der Waals surface area contributed by atoms with E-state index in [2.05, 4.69) is 6.07 Å². The van der Waals surface area contributed by atoms with Crippen molar-refractivity contribution < 1.29 is 9.47 Å². The number of fused-ring (bicyclic) bond motifs is 1. The molecule has 2 N–H and O–H groups in total. The molecule has 4 heteroatoms. The maximum atomic E-state index is 6.42. The molecule has 0 bridgehead atoms. The van der Waals surface area contributed by atoms with E-state index >= 15 is 0 Å². The number of halogens is 1. The van der Waals surface area contributed by atoms with Crippen LogP contribution in [0.1, 0.15) is 22.7 Å². The van der Waals surface area contributed by atoms with Crippen LogP contribution in [0.2, 0.25) is 5.02 Å². The molecular formula is C16H16ClNO2. The molecule has 2 aromatic rings. The van der Waals surface area contributed by atoms with Gasteiger partial charge >= 0.3 is 0 Å². The molecule has 0 saturated carbocycles. The van der Waals surface area contributed by atoms with Gasteiger partial charge in [0.2, 0.25) is 0 Å². The molecule has 1 aliphatic rings. The molecule has 1 aliphatic heterocycles. The molecular weight excluding hydrogens is 274 g/mol. The van der Waals surface area contributed by atoms with Gasteiger partial charge in [-0.3, -0.25) is 0 Å². The molecule has 3 rings (SSSR count). The van der Waals surface area contributed by atoms with Crippen LogP contribution in [-0.4, -0.2) is 13.7 Å². The van der Waals surface area contributed by atoms with Crippen molar-refractivity contribution in [2.45, 2.75) is 12.5 Å². The lowest BCUT2D eigenvalue weighted by molar-refractivity contribution is 0.352. The van der Waals surface area contributed by atoms with Crippen LogP contribution in [0.4, 0.5) is 0 Å². The van der Waals surface area contributed by atoms with Crippen LogP contribution < -0.4 is 15.2 Å². The van der Waals surface area contributed by atoms with Crippen LogP contribution in [0.25, 0.3) is 0 Å². The van der Waals surface area contributed by atoms with Gasteiger partial charge in [-0.05, 0) is 23.8 Å². The van der Waals surface area contributed by atoms with Crippen molar-refractivity contribution in [2.24, 2.45) is 5.73 Å². The zero-order chi connectivity index (χ0) is 14.1. The van der Waals surface area contributed by atoms with Crippen molar-refractivity contribution in [1.29, 1.82) is 0 Å². The van der Waals surface area contributed by atoms with Gasteiger partial charge in [-0.1, -0.05) is 29.8 Å². The number of methoxy groups -OCH3 is 1. The largest absolute Gasteiger partial charge is 0.496 e. The van der Waals surface area contributed by atoms with Gasteiger partial charge in [0.15, 0.2) is 0 Å². The zero-order valence-electron chi connectivity index (χ0n) is 11.2. The molecule has 1 atom stereocenters. The Morgan fingerprint density at radius 2 is 2.10 bits per heavy atom. The topological polar surface area (TPSA) is 44.5 Å². The Morgan fingerprint density at radius 1 is 1.25 bits per heavy atom. The quantitative estimate of drug-likeness (QED) is 0.942. The van der Waals surface area contributed by atoms with Crippen LogP contribution in [0.3, 0.4) is 0 Å². The van der Waals surface area contributed by atoms with Gasteiger partial charge in [0.1, 0.15) is 11.5 Å². The molecule has 0 fully saturated rings. The second kappa shape index (κ2) is 5.35. The summed E-state index contributed by atoms with van der Waals surface area (Å²) >= 11 is 6.08. The molecule has 0 aromatic heterocycles. The Kier molecular flexibility index (Phi) is 3.55. The number of nitrogens with two attached hydrogens (primary N) is 1. The van der Waals surface area contributed by atoms with Gasteiger partial charge in [0, 0.05) is 22.6 Å². The van der Waals surface area contributed by atoms with Crippen molar-refractivity contribution in [3.8, 4) is 11.5 Å². The minimum Gasteiger partial charge on any atom is -0.496 e. The van der Waals surface area contributed by atoms with E-state index in [1.54, 1.807) is 13.2 Å². The minimum absolute atomic E-state index is 0.322. The Morgan fingerprint density at radius 3 is 2.90 bits per heavy atom. The third-order valence-electron chi connectivity index (χ3n) is 3.61. The predicted molar refractivity (Wildman–Crippen MR) is 79.7 cm³/mol. The maximum Gasteiger partial charge on any atom is 0.127 e. The van der Waals surface area contributed by atoms with Crippen LogP contribution >= 0.6 is 11.6 Å². The summed E-state index contributed by atoms with van der Waals surface area (Å²) < 4.78 is 11.1. The van der Waals surface area contributed by atoms with E-state index in [9.17, 15) is 0 Å². The first-order valence-electron chi connectivity index (χ1n) is 6.54. The highest BCUT2D eigenvalue weighted by atomic mass is 35.5. The molecule has 0 saturated heterocycles. The molecule has 2 aromatic carbocycles. The van der Waals surface area contributed by atoms with E-state index in [1.807, 2.05) is 24.3 Å². The third kappa shape index (κ3) is 2.23. The Bertz CT molecular complexity index is 640. The van der Waals surface area contributed by atoms with Gasteiger partial charge in [-0.2, -0.15) is 0 Å². The van der Waals surface area contributed by atoms with Crippen molar-refractivity contribution in [3.63, 3.8) is 0 Å². The van der Waals surface area contributed by atoms with E-state index in [1.165, 1.54) is 5.56 Å². The van der Waals surface area contributed by atoms with Gasteiger partial charge < -0.3 is 15.2 Å². The minimum atomic E-state index is -0.322. The molecule has 0 spiro atoms. The van der Waals surface area contributed by atoms with Crippen molar-refractivity contribution in [1.82, 2.24) is 0 Å². The lowest BCUT2D eigenvalue weighted by Gasteiger charge is -2.18. The smallest absolute Gasteiger partial charge is 0.127 e. The highest BCUT2D eigenvalue weighted by Gasteiger charge is 2.23. The Hall–Kier alpha value is -1.71. The predicted octanol–water partition coefficient (Wildman–Crippen LogP) is 3.33. The highest BCUT2D eigenvalue weighted by Crippen LogP contribution is 2.38. The average Bonchev–Trinajstić information content (AvgIpc) is 2.94. The van der Waals surface area contributed by atoms with E-state index < -0.39 is 0 Å². The molecule has 1 heterocycles. The molecule has 0 amide bonds. The highest BCUT2D eigenvalue weighted by molar-refractivity contribution is 6.30. The summed E-state index contributed by atoms with van der Waals surface area (Å²) in [5.74, 6) is 1.64. The van der Waals surface area contributed by atoms with Crippen molar-refractivity contribution >= 4 is 11.6 Å². The van der Waals surface area contributed by atoms with Gasteiger partial charge in [0.25, 0.3) is 0 Å². The first-order chi connectivity index (χ1) is 9.70. The standard InChI is InChI=1S/C16H16ClNO2/c1-19-14-6-5-11(17)9-13(14)15(18)12-4-2-3-10-7-8-20-16(10)12/h2-6,9,15H,7-8,18H2,1H3. The summed E-state index contributed by atoms with van der Waals surface area (Å²) in [5.41, 5.74) is 9.46.